The predicted molar refractivity (Wildman–Crippen MR) is 123 cm³/mol. The fourth-order valence-electron chi connectivity index (χ4n) is 3.75. The van der Waals surface area contributed by atoms with E-state index in [1.165, 1.54) is 11.6 Å². The summed E-state index contributed by atoms with van der Waals surface area (Å²) in [7, 11) is 0. The molecule has 0 spiro atoms. The van der Waals surface area contributed by atoms with Gasteiger partial charge in [-0.25, -0.2) is 4.98 Å². The molecule has 3 aromatic rings. The molecule has 1 heterocycles. The van der Waals surface area contributed by atoms with Gasteiger partial charge in [0.25, 0.3) is 0 Å². The van der Waals surface area contributed by atoms with Gasteiger partial charge in [-0.1, -0.05) is 35.9 Å². The van der Waals surface area contributed by atoms with Crippen molar-refractivity contribution in [3.8, 4) is 22.8 Å². The van der Waals surface area contributed by atoms with Crippen LogP contribution in [0, 0.1) is 6.92 Å². The van der Waals surface area contributed by atoms with Crippen LogP contribution in [0.1, 0.15) is 43.2 Å². The monoisotopic (exact) mass is 470 g/mol. The maximum atomic E-state index is 13.0. The molecular weight excluding hydrogens is 442 g/mol. The van der Waals surface area contributed by atoms with Crippen molar-refractivity contribution >= 4 is 5.91 Å². The highest BCUT2D eigenvalue weighted by Gasteiger charge is 2.32. The summed E-state index contributed by atoms with van der Waals surface area (Å²) in [5.74, 6) is 1.43. The highest BCUT2D eigenvalue weighted by molar-refractivity contribution is 5.77. The molecule has 1 fully saturated rings. The molecule has 0 aliphatic heterocycles. The number of hydrogen-bond donors (Lipinski definition) is 0. The number of carbonyl (C=O) groups excluding carboxylic acids is 1. The Morgan fingerprint density at radius 1 is 1.18 bits per heavy atom. The number of hydrogen-bond acceptors (Lipinski definition) is 5. The molecule has 1 amide bonds. The minimum Gasteiger partial charge on any atom is -0.490 e. The van der Waals surface area contributed by atoms with Crippen LogP contribution in [-0.4, -0.2) is 35.1 Å². The minimum atomic E-state index is -2.93. The number of rotatable bonds is 11. The Labute approximate surface area is 197 Å². The molecule has 0 atom stereocenters. The topological polar surface area (TPSA) is 64.8 Å². The second kappa shape index (κ2) is 10.7. The summed E-state index contributed by atoms with van der Waals surface area (Å²) in [4.78, 5) is 19.2. The van der Waals surface area contributed by atoms with Gasteiger partial charge in [0.05, 0.1) is 12.8 Å². The molecule has 1 saturated carbocycles. The van der Waals surface area contributed by atoms with Crippen molar-refractivity contribution in [2.24, 2.45) is 0 Å². The van der Waals surface area contributed by atoms with Crippen LogP contribution in [-0.2, 0) is 17.8 Å². The summed E-state index contributed by atoms with van der Waals surface area (Å²) < 4.78 is 41.2. The maximum absolute atomic E-state index is 13.0. The molecule has 0 radical (unpaired) electrons. The second-order valence-corrected chi connectivity index (χ2v) is 8.33. The largest absolute Gasteiger partial charge is 0.490 e. The first kappa shape index (κ1) is 23.7. The summed E-state index contributed by atoms with van der Waals surface area (Å²) in [6.07, 6.45) is 4.26. The van der Waals surface area contributed by atoms with Gasteiger partial charge in [0.2, 0.25) is 5.91 Å². The van der Waals surface area contributed by atoms with Crippen LogP contribution < -0.4 is 9.47 Å². The van der Waals surface area contributed by atoms with Crippen LogP contribution in [0.15, 0.2) is 53.1 Å². The van der Waals surface area contributed by atoms with E-state index in [-0.39, 0.29) is 29.9 Å². The molecule has 0 N–H and O–H groups in total. The lowest BCUT2D eigenvalue weighted by atomic mass is 10.1. The molecule has 1 aliphatic carbocycles. The number of oxazole rings is 1. The third-order valence-electron chi connectivity index (χ3n) is 5.63. The number of aryl methyl sites for hydroxylation is 2. The number of ether oxygens (including phenoxy) is 2. The first-order valence-corrected chi connectivity index (χ1v) is 11.4. The zero-order valence-corrected chi connectivity index (χ0v) is 19.3. The average Bonchev–Trinajstić information content (AvgIpc) is 3.54. The molecule has 2 aromatic carbocycles. The average molecular weight is 471 g/mol. The van der Waals surface area contributed by atoms with Crippen LogP contribution in [0.4, 0.5) is 8.78 Å². The van der Waals surface area contributed by atoms with Crippen molar-refractivity contribution in [3.63, 3.8) is 0 Å². The third-order valence-corrected chi connectivity index (χ3v) is 5.63. The van der Waals surface area contributed by atoms with Crippen molar-refractivity contribution in [3.05, 3.63) is 65.7 Å². The summed E-state index contributed by atoms with van der Waals surface area (Å²) in [6.45, 7) is 1.55. The Bertz CT molecular complexity index is 1110. The van der Waals surface area contributed by atoms with E-state index in [1.807, 2.05) is 36.1 Å². The van der Waals surface area contributed by atoms with Crippen LogP contribution in [0.5, 0.6) is 11.5 Å². The molecule has 34 heavy (non-hydrogen) atoms. The molecule has 0 bridgehead atoms. The Balaban J connectivity index is 1.40. The third kappa shape index (κ3) is 6.12. The Hall–Kier alpha value is -3.42. The number of alkyl halides is 2. The standard InChI is InChI=1S/C26H28F2N2O4/c1-3-32-22-14-18(6-11-21(22)34-26(27)28)16-30(20-9-10-20)25(31)13-12-24-29-15-23(33-24)19-7-4-17(2)5-8-19/h4-8,11,14-15,20,26H,3,9-10,12-13,16H2,1-2H3. The quantitative estimate of drug-likeness (QED) is 0.356. The molecule has 1 aromatic heterocycles. The van der Waals surface area contributed by atoms with Gasteiger partial charge in [-0.3, -0.25) is 4.79 Å². The number of carbonyl (C=O) groups is 1. The number of benzene rings is 2. The zero-order chi connectivity index (χ0) is 24.1. The van der Waals surface area contributed by atoms with Gasteiger partial charge in [0.15, 0.2) is 23.1 Å². The van der Waals surface area contributed by atoms with Crippen LogP contribution >= 0.6 is 0 Å². The first-order chi connectivity index (χ1) is 16.4. The van der Waals surface area contributed by atoms with E-state index in [0.29, 0.717) is 31.2 Å². The van der Waals surface area contributed by atoms with E-state index in [0.717, 1.165) is 24.0 Å². The van der Waals surface area contributed by atoms with E-state index >= 15 is 0 Å². The highest BCUT2D eigenvalue weighted by Crippen LogP contribution is 2.33. The van der Waals surface area contributed by atoms with Crippen molar-refractivity contribution in [1.82, 2.24) is 9.88 Å². The molecule has 0 saturated heterocycles. The number of halogens is 2. The summed E-state index contributed by atoms with van der Waals surface area (Å²) in [5, 5.41) is 0. The smallest absolute Gasteiger partial charge is 0.387 e. The Kier molecular flexibility index (Phi) is 7.45. The number of nitrogens with zero attached hydrogens (tertiary/aromatic N) is 2. The Morgan fingerprint density at radius 3 is 2.62 bits per heavy atom. The van der Waals surface area contributed by atoms with Crippen LogP contribution in [0.3, 0.4) is 0 Å². The zero-order valence-electron chi connectivity index (χ0n) is 19.3. The summed E-state index contributed by atoms with van der Waals surface area (Å²) in [5.41, 5.74) is 2.90. The van der Waals surface area contributed by atoms with Gasteiger partial charge in [0.1, 0.15) is 0 Å². The molecule has 180 valence electrons. The van der Waals surface area contributed by atoms with Gasteiger partial charge >= 0.3 is 6.61 Å². The molecule has 1 aliphatic rings. The number of aromatic nitrogens is 1. The highest BCUT2D eigenvalue weighted by atomic mass is 19.3. The van der Waals surface area contributed by atoms with Crippen molar-refractivity contribution in [2.75, 3.05) is 6.61 Å². The van der Waals surface area contributed by atoms with Gasteiger partial charge in [-0.05, 0) is 44.4 Å². The fourth-order valence-corrected chi connectivity index (χ4v) is 3.75. The van der Waals surface area contributed by atoms with Gasteiger partial charge in [-0.15, -0.1) is 0 Å². The second-order valence-electron chi connectivity index (χ2n) is 8.33. The van der Waals surface area contributed by atoms with E-state index in [2.05, 4.69) is 9.72 Å². The fraction of sp³-hybridized carbons (Fsp3) is 0.385. The molecule has 6 nitrogen and oxygen atoms in total. The van der Waals surface area contributed by atoms with Crippen molar-refractivity contribution < 1.29 is 27.5 Å². The van der Waals surface area contributed by atoms with Crippen molar-refractivity contribution in [2.45, 2.75) is 58.7 Å². The SMILES string of the molecule is CCOc1cc(CN(C(=O)CCc2ncc(-c3ccc(C)cc3)o2)C2CC2)ccc1OC(F)F. The summed E-state index contributed by atoms with van der Waals surface area (Å²) >= 11 is 0. The van der Waals surface area contributed by atoms with Crippen molar-refractivity contribution in [1.29, 1.82) is 0 Å². The number of amides is 1. The van der Waals surface area contributed by atoms with Gasteiger partial charge in [-0.2, -0.15) is 8.78 Å². The van der Waals surface area contributed by atoms with Gasteiger partial charge < -0.3 is 18.8 Å². The van der Waals surface area contributed by atoms with Crippen LogP contribution in [0.25, 0.3) is 11.3 Å². The molecule has 4 rings (SSSR count). The van der Waals surface area contributed by atoms with E-state index < -0.39 is 6.61 Å². The molecule has 0 unspecified atom stereocenters. The Morgan fingerprint density at radius 2 is 1.94 bits per heavy atom. The van der Waals surface area contributed by atoms with E-state index in [9.17, 15) is 13.6 Å². The molecular formula is C26H28F2N2O4. The van der Waals surface area contributed by atoms with E-state index in [4.69, 9.17) is 9.15 Å². The first-order valence-electron chi connectivity index (χ1n) is 11.4. The molecule has 8 heteroatoms. The van der Waals surface area contributed by atoms with Gasteiger partial charge in [0, 0.05) is 31.0 Å². The lowest BCUT2D eigenvalue weighted by Gasteiger charge is -2.23. The maximum Gasteiger partial charge on any atom is 0.387 e. The summed E-state index contributed by atoms with van der Waals surface area (Å²) in [6, 6.07) is 13.0. The minimum absolute atomic E-state index is 0.00320. The van der Waals surface area contributed by atoms with Crippen LogP contribution in [0.2, 0.25) is 0 Å². The lowest BCUT2D eigenvalue weighted by molar-refractivity contribution is -0.132. The van der Waals surface area contributed by atoms with E-state index in [1.54, 1.807) is 25.3 Å². The lowest BCUT2D eigenvalue weighted by Crippen LogP contribution is -2.32. The normalized spacial score (nSPS) is 13.2. The predicted octanol–water partition coefficient (Wildman–Crippen LogP) is 5.77.